The van der Waals surface area contributed by atoms with E-state index in [-0.39, 0.29) is 26.9 Å². The lowest BCUT2D eigenvalue weighted by atomic mass is 10.2. The number of aryl methyl sites for hydroxylation is 1. The van der Waals surface area contributed by atoms with Crippen molar-refractivity contribution in [1.29, 1.82) is 0 Å². The third-order valence-electron chi connectivity index (χ3n) is 5.34. The van der Waals surface area contributed by atoms with Crippen molar-refractivity contribution in [3.8, 4) is 5.69 Å². The van der Waals surface area contributed by atoms with Gasteiger partial charge in [0.15, 0.2) is 5.16 Å². The molecule has 1 aromatic heterocycles. The molecule has 4 aromatic rings. The second-order valence-corrected chi connectivity index (χ2v) is 11.6. The zero-order valence-electron chi connectivity index (χ0n) is 19.7. The molecule has 1 heterocycles. The molecule has 0 fully saturated rings. The molecule has 0 saturated heterocycles. The number of nitrogens with zero attached hydrogens (tertiary/aromatic N) is 3. The summed E-state index contributed by atoms with van der Waals surface area (Å²) in [4.78, 5) is 30.6. The molecule has 1 N–H and O–H groups in total. The molecule has 11 heteroatoms. The van der Waals surface area contributed by atoms with Crippen LogP contribution in [-0.4, -0.2) is 48.0 Å². The predicted octanol–water partition coefficient (Wildman–Crippen LogP) is 4.33. The number of halogens is 1. The van der Waals surface area contributed by atoms with Crippen LogP contribution in [0.2, 0.25) is 5.02 Å². The molecule has 0 spiro atoms. The Kier molecular flexibility index (Phi) is 7.51. The third kappa shape index (κ3) is 5.31. The minimum atomic E-state index is -3.79. The van der Waals surface area contributed by atoms with E-state index < -0.39 is 15.9 Å². The maximum Gasteiger partial charge on any atom is 0.266 e. The number of thioether (sulfide) groups is 1. The van der Waals surface area contributed by atoms with Gasteiger partial charge in [-0.05, 0) is 49.4 Å². The first-order valence-corrected chi connectivity index (χ1v) is 13.6. The van der Waals surface area contributed by atoms with Crippen LogP contribution in [-0.2, 0) is 14.8 Å². The van der Waals surface area contributed by atoms with Crippen LogP contribution in [0.1, 0.15) is 5.56 Å². The van der Waals surface area contributed by atoms with Crippen molar-refractivity contribution in [2.45, 2.75) is 17.0 Å². The number of amides is 1. The van der Waals surface area contributed by atoms with E-state index in [0.29, 0.717) is 21.7 Å². The summed E-state index contributed by atoms with van der Waals surface area (Å²) >= 11 is 7.19. The van der Waals surface area contributed by atoms with E-state index in [9.17, 15) is 18.0 Å². The van der Waals surface area contributed by atoms with Gasteiger partial charge in [0.25, 0.3) is 5.56 Å². The highest BCUT2D eigenvalue weighted by atomic mass is 35.5. The number of aromatic nitrogens is 2. The van der Waals surface area contributed by atoms with Gasteiger partial charge in [0, 0.05) is 19.8 Å². The standard InChI is InChI=1S/C25H23ClN4O4S2/c1-16-8-11-18(12-9-16)30-24(32)19-6-4-5-7-21(19)28-25(30)35-15-23(31)27-17-10-13-20(26)22(14-17)36(33,34)29(2)3/h4-14H,15H2,1-3H3,(H,27,31). The molecule has 186 valence electrons. The smallest absolute Gasteiger partial charge is 0.266 e. The molecule has 0 aliphatic carbocycles. The van der Waals surface area contributed by atoms with E-state index in [1.54, 1.807) is 24.3 Å². The zero-order chi connectivity index (χ0) is 26.0. The quantitative estimate of drug-likeness (QED) is 0.275. The number of rotatable bonds is 7. The topological polar surface area (TPSA) is 101 Å². The van der Waals surface area contributed by atoms with E-state index in [1.165, 1.54) is 36.9 Å². The van der Waals surface area contributed by atoms with Crippen molar-refractivity contribution in [3.63, 3.8) is 0 Å². The Morgan fingerprint density at radius 3 is 2.47 bits per heavy atom. The molecule has 0 atom stereocenters. The number of sulfonamides is 1. The Hall–Kier alpha value is -3.18. The number of anilines is 1. The van der Waals surface area contributed by atoms with Crippen molar-refractivity contribution >= 4 is 55.9 Å². The second-order valence-electron chi connectivity index (χ2n) is 8.16. The van der Waals surface area contributed by atoms with E-state index in [1.807, 2.05) is 31.2 Å². The summed E-state index contributed by atoms with van der Waals surface area (Å²) in [5, 5.41) is 3.59. The van der Waals surface area contributed by atoms with Gasteiger partial charge in [-0.2, -0.15) is 0 Å². The van der Waals surface area contributed by atoms with Gasteiger partial charge in [-0.15, -0.1) is 0 Å². The Labute approximate surface area is 218 Å². The minimum absolute atomic E-state index is 0.0542. The van der Waals surface area contributed by atoms with Gasteiger partial charge >= 0.3 is 0 Å². The Morgan fingerprint density at radius 1 is 1.08 bits per heavy atom. The number of hydrogen-bond acceptors (Lipinski definition) is 6. The lowest BCUT2D eigenvalue weighted by Gasteiger charge is -2.15. The molecule has 0 saturated carbocycles. The highest BCUT2D eigenvalue weighted by Crippen LogP contribution is 2.27. The lowest BCUT2D eigenvalue weighted by Crippen LogP contribution is -2.23. The van der Waals surface area contributed by atoms with Crippen LogP contribution in [0.25, 0.3) is 16.6 Å². The van der Waals surface area contributed by atoms with Gasteiger partial charge in [-0.3, -0.25) is 14.2 Å². The maximum absolute atomic E-state index is 13.3. The van der Waals surface area contributed by atoms with Crippen LogP contribution in [0.15, 0.2) is 81.6 Å². The molecule has 0 aliphatic rings. The molecular weight excluding hydrogens is 520 g/mol. The zero-order valence-corrected chi connectivity index (χ0v) is 22.1. The van der Waals surface area contributed by atoms with E-state index in [0.717, 1.165) is 21.6 Å². The second kappa shape index (κ2) is 10.4. The highest BCUT2D eigenvalue weighted by Gasteiger charge is 2.22. The third-order valence-corrected chi connectivity index (χ3v) is 8.58. The first-order valence-electron chi connectivity index (χ1n) is 10.8. The molecule has 0 aliphatic heterocycles. The molecule has 0 unspecified atom stereocenters. The van der Waals surface area contributed by atoms with Crippen molar-refractivity contribution in [2.24, 2.45) is 0 Å². The normalized spacial score (nSPS) is 11.7. The molecule has 1 amide bonds. The minimum Gasteiger partial charge on any atom is -0.325 e. The Morgan fingerprint density at radius 2 is 1.78 bits per heavy atom. The predicted molar refractivity (Wildman–Crippen MR) is 144 cm³/mol. The van der Waals surface area contributed by atoms with Gasteiger partial charge < -0.3 is 5.32 Å². The Bertz CT molecular complexity index is 1620. The van der Waals surface area contributed by atoms with E-state index in [2.05, 4.69) is 10.3 Å². The fraction of sp³-hybridized carbons (Fsp3) is 0.160. The molecule has 36 heavy (non-hydrogen) atoms. The van der Waals surface area contributed by atoms with Crippen LogP contribution in [0.3, 0.4) is 0 Å². The van der Waals surface area contributed by atoms with E-state index >= 15 is 0 Å². The van der Waals surface area contributed by atoms with Crippen LogP contribution in [0, 0.1) is 6.92 Å². The van der Waals surface area contributed by atoms with Crippen molar-refractivity contribution in [1.82, 2.24) is 13.9 Å². The summed E-state index contributed by atoms with van der Waals surface area (Å²) < 4.78 is 27.6. The van der Waals surface area contributed by atoms with Crippen molar-refractivity contribution in [2.75, 3.05) is 25.2 Å². The number of hydrogen-bond donors (Lipinski definition) is 1. The number of fused-ring (bicyclic) bond motifs is 1. The van der Waals surface area contributed by atoms with Crippen LogP contribution in [0.5, 0.6) is 0 Å². The van der Waals surface area contributed by atoms with Gasteiger partial charge in [-0.1, -0.05) is 53.2 Å². The largest absolute Gasteiger partial charge is 0.325 e. The van der Waals surface area contributed by atoms with Gasteiger partial charge in [-0.25, -0.2) is 17.7 Å². The van der Waals surface area contributed by atoms with Gasteiger partial charge in [0.2, 0.25) is 15.9 Å². The van der Waals surface area contributed by atoms with Crippen LogP contribution < -0.4 is 10.9 Å². The summed E-state index contributed by atoms with van der Waals surface area (Å²) in [6, 6.07) is 18.8. The number of carbonyl (C=O) groups is 1. The first kappa shape index (κ1) is 25.9. The SMILES string of the molecule is Cc1ccc(-n2c(SCC(=O)Nc3ccc(Cl)c(S(=O)(=O)N(C)C)c3)nc3ccccc3c2=O)cc1. The molecule has 3 aromatic carbocycles. The molecule has 4 rings (SSSR count). The number of nitrogens with one attached hydrogen (secondary N) is 1. The number of benzene rings is 3. The number of para-hydroxylation sites is 1. The first-order chi connectivity index (χ1) is 17.1. The average Bonchev–Trinajstić information content (AvgIpc) is 2.84. The fourth-order valence-corrected chi connectivity index (χ4v) is 5.64. The molecule has 0 bridgehead atoms. The fourth-order valence-electron chi connectivity index (χ4n) is 3.43. The van der Waals surface area contributed by atoms with E-state index in [4.69, 9.17) is 11.6 Å². The summed E-state index contributed by atoms with van der Waals surface area (Å²) in [7, 11) is -0.988. The van der Waals surface area contributed by atoms with Gasteiger partial charge in [0.1, 0.15) is 4.90 Å². The summed E-state index contributed by atoms with van der Waals surface area (Å²) in [6.45, 7) is 1.96. The van der Waals surface area contributed by atoms with Gasteiger partial charge in [0.05, 0.1) is 27.4 Å². The lowest BCUT2D eigenvalue weighted by molar-refractivity contribution is -0.113. The highest BCUT2D eigenvalue weighted by molar-refractivity contribution is 7.99. The Balaban J connectivity index is 1.62. The summed E-state index contributed by atoms with van der Waals surface area (Å²) in [5.74, 6) is -0.455. The summed E-state index contributed by atoms with van der Waals surface area (Å²) in [6.07, 6.45) is 0. The molecular formula is C25H23ClN4O4S2. The molecule has 8 nitrogen and oxygen atoms in total. The maximum atomic E-state index is 13.3. The number of carbonyl (C=O) groups excluding carboxylic acids is 1. The van der Waals surface area contributed by atoms with Crippen molar-refractivity contribution in [3.05, 3.63) is 87.7 Å². The average molecular weight is 543 g/mol. The van der Waals surface area contributed by atoms with Crippen LogP contribution in [0.4, 0.5) is 5.69 Å². The van der Waals surface area contributed by atoms with Crippen LogP contribution >= 0.6 is 23.4 Å². The molecule has 0 radical (unpaired) electrons. The summed E-state index contributed by atoms with van der Waals surface area (Å²) in [5.41, 5.74) is 2.28. The van der Waals surface area contributed by atoms with Crippen molar-refractivity contribution < 1.29 is 13.2 Å². The monoisotopic (exact) mass is 542 g/mol.